The van der Waals surface area contributed by atoms with Crippen LogP contribution in [-0.4, -0.2) is 38.9 Å². The molecule has 1 saturated heterocycles. The van der Waals surface area contributed by atoms with Gasteiger partial charge in [-0.2, -0.15) is 0 Å². The molecule has 1 fully saturated rings. The zero-order chi connectivity index (χ0) is 20.4. The van der Waals surface area contributed by atoms with Gasteiger partial charge in [-0.3, -0.25) is 9.69 Å². The van der Waals surface area contributed by atoms with Crippen molar-refractivity contribution < 1.29 is 17.6 Å². The van der Waals surface area contributed by atoms with Crippen molar-refractivity contribution in [3.05, 3.63) is 59.4 Å². The Morgan fingerprint density at radius 1 is 1.07 bits per heavy atom. The molecule has 0 aromatic heterocycles. The first-order valence-corrected chi connectivity index (χ1v) is 11.3. The van der Waals surface area contributed by atoms with E-state index in [1.807, 2.05) is 0 Å². The number of carbonyl (C=O) groups excluding carboxylic acids is 1. The number of hydrogen-bond acceptors (Lipinski definition) is 4. The molecule has 154 valence electrons. The Labute approximate surface area is 170 Å². The standard InChI is InChI=1S/C21H24FN3O3S/c22-17-6-3-15(4-7-17)20(25-11-1-2-12-25)14-23-29(27,28)18-8-9-19-16(13-18)5-10-21(26)24-19/h3-4,6-9,13,20,23H,1-2,5,10-12,14H2,(H,24,26)/t20-/m1/s1. The molecule has 0 unspecified atom stereocenters. The number of sulfonamides is 1. The third-order valence-corrected chi connectivity index (χ3v) is 7.01. The summed E-state index contributed by atoms with van der Waals surface area (Å²) in [6.07, 6.45) is 3.02. The molecule has 0 saturated carbocycles. The van der Waals surface area contributed by atoms with Crippen molar-refractivity contribution in [3.8, 4) is 0 Å². The van der Waals surface area contributed by atoms with E-state index in [4.69, 9.17) is 0 Å². The lowest BCUT2D eigenvalue weighted by atomic mass is 10.0. The monoisotopic (exact) mass is 417 g/mol. The number of anilines is 1. The molecular formula is C21H24FN3O3S. The topological polar surface area (TPSA) is 78.5 Å². The fraction of sp³-hybridized carbons (Fsp3) is 0.381. The summed E-state index contributed by atoms with van der Waals surface area (Å²) < 4.78 is 41.9. The summed E-state index contributed by atoms with van der Waals surface area (Å²) in [6, 6.07) is 10.9. The second-order valence-corrected chi connectivity index (χ2v) is 9.30. The highest BCUT2D eigenvalue weighted by molar-refractivity contribution is 7.89. The van der Waals surface area contributed by atoms with Crippen LogP contribution in [0.5, 0.6) is 0 Å². The lowest BCUT2D eigenvalue weighted by Crippen LogP contribution is -2.36. The molecule has 8 heteroatoms. The number of halogens is 1. The zero-order valence-corrected chi connectivity index (χ0v) is 16.8. The van der Waals surface area contributed by atoms with E-state index in [0.29, 0.717) is 18.5 Å². The quantitative estimate of drug-likeness (QED) is 0.758. The van der Waals surface area contributed by atoms with Crippen molar-refractivity contribution in [1.29, 1.82) is 0 Å². The maximum Gasteiger partial charge on any atom is 0.240 e. The Morgan fingerprint density at radius 3 is 2.52 bits per heavy atom. The summed E-state index contributed by atoms with van der Waals surface area (Å²) >= 11 is 0. The second-order valence-electron chi connectivity index (χ2n) is 7.53. The van der Waals surface area contributed by atoms with Crippen LogP contribution >= 0.6 is 0 Å². The minimum absolute atomic E-state index is 0.0565. The number of nitrogens with one attached hydrogen (secondary N) is 2. The maximum absolute atomic E-state index is 13.3. The van der Waals surface area contributed by atoms with Crippen LogP contribution in [-0.2, 0) is 21.2 Å². The number of hydrogen-bond donors (Lipinski definition) is 2. The Hall–Kier alpha value is -2.29. The first kappa shape index (κ1) is 20.0. The molecule has 2 aliphatic rings. The van der Waals surface area contributed by atoms with E-state index in [1.54, 1.807) is 24.3 Å². The molecule has 2 aromatic carbocycles. The lowest BCUT2D eigenvalue weighted by Gasteiger charge is -2.28. The van der Waals surface area contributed by atoms with Crippen LogP contribution in [0, 0.1) is 5.82 Å². The van der Waals surface area contributed by atoms with Crippen LogP contribution < -0.4 is 10.0 Å². The number of nitrogens with zero attached hydrogens (tertiary/aromatic N) is 1. The molecule has 2 aliphatic heterocycles. The first-order valence-electron chi connectivity index (χ1n) is 9.84. The summed E-state index contributed by atoms with van der Waals surface area (Å²) in [7, 11) is -3.71. The fourth-order valence-electron chi connectivity index (χ4n) is 3.99. The molecule has 1 amide bonds. The first-order chi connectivity index (χ1) is 13.9. The number of likely N-dealkylation sites (tertiary alicyclic amines) is 1. The molecule has 29 heavy (non-hydrogen) atoms. The molecule has 0 radical (unpaired) electrons. The predicted octanol–water partition coefficient (Wildman–Crippen LogP) is 2.83. The summed E-state index contributed by atoms with van der Waals surface area (Å²) in [5.41, 5.74) is 2.38. The van der Waals surface area contributed by atoms with Crippen molar-refractivity contribution in [1.82, 2.24) is 9.62 Å². The SMILES string of the molecule is O=C1CCc2cc(S(=O)(=O)NC[C@H](c3ccc(F)cc3)N3CCCC3)ccc2N1. The van der Waals surface area contributed by atoms with Gasteiger partial charge in [0.25, 0.3) is 0 Å². The van der Waals surface area contributed by atoms with E-state index in [1.165, 1.54) is 18.2 Å². The van der Waals surface area contributed by atoms with Crippen LogP contribution in [0.25, 0.3) is 0 Å². The molecule has 0 spiro atoms. The van der Waals surface area contributed by atoms with Crippen LogP contribution in [0.4, 0.5) is 10.1 Å². The van der Waals surface area contributed by atoms with Crippen molar-refractivity contribution in [2.45, 2.75) is 36.6 Å². The van der Waals surface area contributed by atoms with Crippen molar-refractivity contribution in [3.63, 3.8) is 0 Å². The Morgan fingerprint density at radius 2 is 1.79 bits per heavy atom. The summed E-state index contributed by atoms with van der Waals surface area (Å²) in [4.78, 5) is 13.9. The molecule has 2 heterocycles. The summed E-state index contributed by atoms with van der Waals surface area (Å²) in [5, 5.41) is 2.76. The molecular weight excluding hydrogens is 393 g/mol. The van der Waals surface area contributed by atoms with Gasteiger partial charge < -0.3 is 5.32 Å². The fourth-order valence-corrected chi connectivity index (χ4v) is 5.08. The van der Waals surface area contributed by atoms with Crippen molar-refractivity contribution in [2.75, 3.05) is 25.0 Å². The van der Waals surface area contributed by atoms with Gasteiger partial charge >= 0.3 is 0 Å². The van der Waals surface area contributed by atoms with Crippen LogP contribution in [0.3, 0.4) is 0 Å². The molecule has 2 aromatic rings. The second kappa shape index (κ2) is 8.22. The largest absolute Gasteiger partial charge is 0.326 e. The average Bonchev–Trinajstić information content (AvgIpc) is 3.23. The maximum atomic E-state index is 13.3. The molecule has 2 N–H and O–H groups in total. The van der Waals surface area contributed by atoms with E-state index >= 15 is 0 Å². The number of fused-ring (bicyclic) bond motifs is 1. The highest BCUT2D eigenvalue weighted by Gasteiger charge is 2.26. The van der Waals surface area contributed by atoms with Gasteiger partial charge in [-0.25, -0.2) is 17.5 Å². The summed E-state index contributed by atoms with van der Waals surface area (Å²) in [6.45, 7) is 1.99. The summed E-state index contributed by atoms with van der Waals surface area (Å²) in [5.74, 6) is -0.366. The Bertz CT molecular complexity index is 1000. The van der Waals surface area contributed by atoms with Crippen LogP contribution in [0.2, 0.25) is 0 Å². The van der Waals surface area contributed by atoms with Gasteiger partial charge in [0, 0.05) is 24.7 Å². The van der Waals surface area contributed by atoms with Gasteiger partial charge in [0.2, 0.25) is 15.9 Å². The molecule has 6 nitrogen and oxygen atoms in total. The van der Waals surface area contributed by atoms with Crippen LogP contribution in [0.15, 0.2) is 47.4 Å². The Kier molecular flexibility index (Phi) is 5.67. The lowest BCUT2D eigenvalue weighted by molar-refractivity contribution is -0.116. The minimum atomic E-state index is -3.71. The number of carbonyl (C=O) groups is 1. The number of amides is 1. The normalized spacial score (nSPS) is 18.3. The number of aryl methyl sites for hydroxylation is 1. The van der Waals surface area contributed by atoms with E-state index in [9.17, 15) is 17.6 Å². The smallest absolute Gasteiger partial charge is 0.240 e. The van der Waals surface area contributed by atoms with Crippen molar-refractivity contribution in [2.24, 2.45) is 0 Å². The van der Waals surface area contributed by atoms with Gasteiger partial charge in [-0.1, -0.05) is 12.1 Å². The molecule has 1 atom stereocenters. The van der Waals surface area contributed by atoms with Crippen LogP contribution in [0.1, 0.15) is 36.4 Å². The van der Waals surface area contributed by atoms with E-state index in [2.05, 4.69) is 14.9 Å². The highest BCUT2D eigenvalue weighted by atomic mass is 32.2. The number of rotatable bonds is 6. The van der Waals surface area contributed by atoms with Crippen molar-refractivity contribution >= 4 is 21.6 Å². The van der Waals surface area contributed by atoms with Gasteiger partial charge in [-0.05, 0) is 73.8 Å². The number of benzene rings is 2. The highest BCUT2D eigenvalue weighted by Crippen LogP contribution is 2.27. The van der Waals surface area contributed by atoms with E-state index in [-0.39, 0.29) is 29.2 Å². The third kappa shape index (κ3) is 4.49. The van der Waals surface area contributed by atoms with Gasteiger partial charge in [-0.15, -0.1) is 0 Å². The average molecular weight is 418 g/mol. The van der Waals surface area contributed by atoms with Gasteiger partial charge in [0.1, 0.15) is 5.82 Å². The molecule has 0 bridgehead atoms. The minimum Gasteiger partial charge on any atom is -0.326 e. The van der Waals surface area contributed by atoms with Gasteiger partial charge in [0.05, 0.1) is 4.90 Å². The van der Waals surface area contributed by atoms with E-state index in [0.717, 1.165) is 37.1 Å². The van der Waals surface area contributed by atoms with E-state index < -0.39 is 10.0 Å². The Balaban J connectivity index is 1.53. The zero-order valence-electron chi connectivity index (χ0n) is 16.0. The molecule has 0 aliphatic carbocycles. The molecule has 4 rings (SSSR count). The predicted molar refractivity (Wildman–Crippen MR) is 109 cm³/mol. The van der Waals surface area contributed by atoms with Gasteiger partial charge in [0.15, 0.2) is 0 Å². The third-order valence-electron chi connectivity index (χ3n) is 5.59.